The summed E-state index contributed by atoms with van der Waals surface area (Å²) >= 11 is 2.18. The Morgan fingerprint density at radius 1 is 1.52 bits per heavy atom. The van der Waals surface area contributed by atoms with Gasteiger partial charge in [0.2, 0.25) is 5.91 Å². The van der Waals surface area contributed by atoms with Crippen LogP contribution >= 0.6 is 22.6 Å². The quantitative estimate of drug-likeness (QED) is 0.573. The number of ether oxygens (including phenoxy) is 1. The molecular formula is C16H24IN3O3. The zero-order valence-corrected chi connectivity index (χ0v) is 16.2. The summed E-state index contributed by atoms with van der Waals surface area (Å²) in [5.74, 6) is 0.643. The third kappa shape index (κ3) is 4.24. The van der Waals surface area contributed by atoms with Crippen LogP contribution < -0.4 is 0 Å². The average Bonchev–Trinajstić information content (AvgIpc) is 3.09. The van der Waals surface area contributed by atoms with Crippen molar-refractivity contribution in [1.82, 2.24) is 14.9 Å². The number of hydrogen-bond donors (Lipinski definition) is 1. The topological polar surface area (TPSA) is 75.3 Å². The van der Waals surface area contributed by atoms with Crippen molar-refractivity contribution in [3.8, 4) is 0 Å². The SMILES string of the molecule is COC(=O)C[C@H](C(=O)N1C[C@@H](C)C[C@H]1c1ncc(I)[nH]1)C(C)C. The number of hydrogen-bond acceptors (Lipinski definition) is 4. The van der Waals surface area contributed by atoms with Crippen LogP contribution in [0.1, 0.15) is 45.5 Å². The van der Waals surface area contributed by atoms with Crippen LogP contribution in [0.5, 0.6) is 0 Å². The van der Waals surface area contributed by atoms with E-state index in [1.54, 1.807) is 6.20 Å². The summed E-state index contributed by atoms with van der Waals surface area (Å²) in [7, 11) is 1.36. The van der Waals surface area contributed by atoms with E-state index < -0.39 is 0 Å². The second-order valence-electron chi connectivity index (χ2n) is 6.59. The molecule has 0 radical (unpaired) electrons. The van der Waals surface area contributed by atoms with Crippen LogP contribution in [0, 0.1) is 21.5 Å². The molecule has 0 unspecified atom stereocenters. The van der Waals surface area contributed by atoms with Crippen LogP contribution in [0.3, 0.4) is 0 Å². The lowest BCUT2D eigenvalue weighted by molar-refractivity contribution is -0.148. The molecule has 0 spiro atoms. The first kappa shape index (κ1) is 18.2. The number of aromatic amines is 1. The molecule has 1 amide bonds. The normalized spacial score (nSPS) is 22.4. The first-order valence-electron chi connectivity index (χ1n) is 7.91. The number of carbonyl (C=O) groups excluding carboxylic acids is 2. The van der Waals surface area contributed by atoms with E-state index in [4.69, 9.17) is 4.74 Å². The van der Waals surface area contributed by atoms with E-state index in [9.17, 15) is 9.59 Å². The summed E-state index contributed by atoms with van der Waals surface area (Å²) < 4.78 is 5.71. The molecule has 1 aliphatic rings. The molecule has 1 N–H and O–H groups in total. The van der Waals surface area contributed by atoms with Crippen molar-refractivity contribution < 1.29 is 14.3 Å². The van der Waals surface area contributed by atoms with Crippen molar-refractivity contribution in [2.45, 2.75) is 39.7 Å². The Morgan fingerprint density at radius 2 is 2.22 bits per heavy atom. The number of H-pyrrole nitrogens is 1. The number of esters is 1. The summed E-state index contributed by atoms with van der Waals surface area (Å²) in [5.41, 5.74) is 0. The number of halogens is 1. The first-order chi connectivity index (χ1) is 10.8. The van der Waals surface area contributed by atoms with Crippen LogP contribution in [-0.2, 0) is 14.3 Å². The van der Waals surface area contributed by atoms with Crippen LogP contribution in [-0.4, -0.2) is 40.4 Å². The number of nitrogens with zero attached hydrogens (tertiary/aromatic N) is 2. The highest BCUT2D eigenvalue weighted by Crippen LogP contribution is 2.36. The molecule has 0 bridgehead atoms. The van der Waals surface area contributed by atoms with Crippen LogP contribution in [0.25, 0.3) is 0 Å². The smallest absolute Gasteiger partial charge is 0.306 e. The maximum absolute atomic E-state index is 13.0. The molecule has 2 heterocycles. The predicted molar refractivity (Wildman–Crippen MR) is 94.5 cm³/mol. The molecule has 1 saturated heterocycles. The summed E-state index contributed by atoms with van der Waals surface area (Å²) in [6.45, 7) is 6.77. The molecule has 0 aliphatic carbocycles. The fraction of sp³-hybridized carbons (Fsp3) is 0.688. The standard InChI is InChI=1S/C16H24IN3O3/c1-9(2)11(6-14(21)23-4)16(22)20-8-10(3)5-12(20)15-18-7-13(17)19-15/h7,9-12H,5-6,8H2,1-4H3,(H,18,19)/t10-,11-,12-/m0/s1. The van der Waals surface area contributed by atoms with Crippen LogP contribution in [0.15, 0.2) is 6.20 Å². The largest absolute Gasteiger partial charge is 0.469 e. The second-order valence-corrected chi connectivity index (χ2v) is 7.76. The van der Waals surface area contributed by atoms with Crippen molar-refractivity contribution in [3.63, 3.8) is 0 Å². The number of amides is 1. The fourth-order valence-corrected chi connectivity index (χ4v) is 3.53. The molecule has 1 aromatic heterocycles. The third-order valence-electron chi connectivity index (χ3n) is 4.41. The number of imidazole rings is 1. The number of nitrogens with one attached hydrogen (secondary N) is 1. The highest BCUT2D eigenvalue weighted by atomic mass is 127. The molecule has 7 heteroatoms. The minimum atomic E-state index is -0.357. The van der Waals surface area contributed by atoms with Crippen LogP contribution in [0.2, 0.25) is 0 Å². The minimum Gasteiger partial charge on any atom is -0.469 e. The van der Waals surface area contributed by atoms with Gasteiger partial charge in [0.15, 0.2) is 0 Å². The summed E-state index contributed by atoms with van der Waals surface area (Å²) in [4.78, 5) is 34.2. The van der Waals surface area contributed by atoms with Crippen molar-refractivity contribution >= 4 is 34.5 Å². The summed E-state index contributed by atoms with van der Waals surface area (Å²) in [6, 6.07) is -0.0417. The van der Waals surface area contributed by atoms with Gasteiger partial charge in [0.05, 0.1) is 35.4 Å². The molecule has 128 valence electrons. The number of aromatic nitrogens is 2. The Bertz CT molecular complexity index is 573. The fourth-order valence-electron chi connectivity index (χ4n) is 3.12. The van der Waals surface area contributed by atoms with Gasteiger partial charge < -0.3 is 14.6 Å². The zero-order chi connectivity index (χ0) is 17.1. The van der Waals surface area contributed by atoms with Gasteiger partial charge in [-0.05, 0) is 40.8 Å². The zero-order valence-electron chi connectivity index (χ0n) is 14.0. The molecule has 6 nitrogen and oxygen atoms in total. The van der Waals surface area contributed by atoms with Gasteiger partial charge in [0.25, 0.3) is 0 Å². The van der Waals surface area contributed by atoms with E-state index in [-0.39, 0.29) is 36.2 Å². The third-order valence-corrected chi connectivity index (χ3v) is 4.96. The van der Waals surface area contributed by atoms with Gasteiger partial charge in [0, 0.05) is 6.54 Å². The van der Waals surface area contributed by atoms with Gasteiger partial charge in [-0.2, -0.15) is 0 Å². The molecule has 0 aromatic carbocycles. The Morgan fingerprint density at radius 3 is 2.74 bits per heavy atom. The van der Waals surface area contributed by atoms with E-state index in [2.05, 4.69) is 39.5 Å². The molecule has 1 fully saturated rings. The van der Waals surface area contributed by atoms with E-state index >= 15 is 0 Å². The first-order valence-corrected chi connectivity index (χ1v) is 8.99. The lowest BCUT2D eigenvalue weighted by atomic mass is 9.91. The lowest BCUT2D eigenvalue weighted by Crippen LogP contribution is -2.39. The maximum atomic E-state index is 13.0. The van der Waals surface area contributed by atoms with E-state index in [1.807, 2.05) is 18.7 Å². The predicted octanol–water partition coefficient (Wildman–Crippen LogP) is 2.76. The molecule has 1 aromatic rings. The second kappa shape index (κ2) is 7.63. The Hall–Kier alpha value is -1.12. The van der Waals surface area contributed by atoms with Gasteiger partial charge in [-0.1, -0.05) is 20.8 Å². The van der Waals surface area contributed by atoms with Crippen molar-refractivity contribution in [3.05, 3.63) is 15.7 Å². The number of rotatable bonds is 5. The maximum Gasteiger partial charge on any atom is 0.306 e. The Kier molecular flexibility index (Phi) is 6.05. The highest BCUT2D eigenvalue weighted by molar-refractivity contribution is 14.1. The number of methoxy groups -OCH3 is 1. The molecular weight excluding hydrogens is 409 g/mol. The van der Waals surface area contributed by atoms with Gasteiger partial charge in [0.1, 0.15) is 5.82 Å². The van der Waals surface area contributed by atoms with Crippen molar-refractivity contribution in [1.29, 1.82) is 0 Å². The molecule has 0 saturated carbocycles. The number of carbonyl (C=O) groups is 2. The van der Waals surface area contributed by atoms with Gasteiger partial charge >= 0.3 is 5.97 Å². The van der Waals surface area contributed by atoms with E-state index in [0.29, 0.717) is 12.5 Å². The van der Waals surface area contributed by atoms with Crippen molar-refractivity contribution in [2.24, 2.45) is 17.8 Å². The van der Waals surface area contributed by atoms with Gasteiger partial charge in [-0.3, -0.25) is 9.59 Å². The summed E-state index contributed by atoms with van der Waals surface area (Å²) in [6.07, 6.45) is 2.79. The van der Waals surface area contributed by atoms with Crippen molar-refractivity contribution in [2.75, 3.05) is 13.7 Å². The van der Waals surface area contributed by atoms with E-state index in [0.717, 1.165) is 15.9 Å². The summed E-state index contributed by atoms with van der Waals surface area (Å²) in [5, 5.41) is 0. The Labute approximate surface area is 150 Å². The monoisotopic (exact) mass is 433 g/mol. The molecule has 3 atom stereocenters. The molecule has 1 aliphatic heterocycles. The highest BCUT2D eigenvalue weighted by Gasteiger charge is 2.39. The molecule has 23 heavy (non-hydrogen) atoms. The Balaban J connectivity index is 2.21. The van der Waals surface area contributed by atoms with Gasteiger partial charge in [-0.15, -0.1) is 0 Å². The lowest BCUT2D eigenvalue weighted by Gasteiger charge is -2.29. The van der Waals surface area contributed by atoms with Gasteiger partial charge in [-0.25, -0.2) is 4.98 Å². The van der Waals surface area contributed by atoms with Crippen LogP contribution in [0.4, 0.5) is 0 Å². The van der Waals surface area contributed by atoms with E-state index in [1.165, 1.54) is 7.11 Å². The number of likely N-dealkylation sites (tertiary alicyclic amines) is 1. The average molecular weight is 433 g/mol. The molecule has 2 rings (SSSR count). The minimum absolute atomic E-state index is 0.0196.